The van der Waals surface area contributed by atoms with E-state index in [0.29, 0.717) is 18.2 Å². The number of aliphatic carboxylic acids is 1. The Kier molecular flexibility index (Phi) is 3.27. The maximum atomic E-state index is 12.7. The molecular formula is C13H13NO4S2. The summed E-state index contributed by atoms with van der Waals surface area (Å²) < 4.78 is 27.4. The zero-order chi connectivity index (χ0) is 14.3. The number of nitrogens with zero attached hydrogens (tertiary/aromatic N) is 1. The van der Waals surface area contributed by atoms with Gasteiger partial charge in [-0.2, -0.15) is 4.31 Å². The molecule has 1 N–H and O–H groups in total. The first-order chi connectivity index (χ1) is 9.51. The Labute approximate surface area is 120 Å². The predicted molar refractivity (Wildman–Crippen MR) is 76.4 cm³/mol. The van der Waals surface area contributed by atoms with Gasteiger partial charge in [0.15, 0.2) is 0 Å². The fraction of sp³-hybridized carbons (Fsp3) is 0.308. The molecule has 0 saturated carbocycles. The quantitative estimate of drug-likeness (QED) is 0.942. The van der Waals surface area contributed by atoms with Gasteiger partial charge in [-0.05, 0) is 18.9 Å². The summed E-state index contributed by atoms with van der Waals surface area (Å²) in [7, 11) is -3.75. The Bertz CT molecular complexity index is 766. The Morgan fingerprint density at radius 3 is 2.85 bits per heavy atom. The van der Waals surface area contributed by atoms with Gasteiger partial charge in [-0.3, -0.25) is 4.79 Å². The van der Waals surface area contributed by atoms with Gasteiger partial charge in [0.2, 0.25) is 10.0 Å². The van der Waals surface area contributed by atoms with Crippen molar-refractivity contribution < 1.29 is 18.3 Å². The van der Waals surface area contributed by atoms with Crippen LogP contribution in [0.2, 0.25) is 0 Å². The van der Waals surface area contributed by atoms with Crippen molar-refractivity contribution in [2.75, 3.05) is 6.54 Å². The molecule has 1 atom stereocenters. The van der Waals surface area contributed by atoms with Crippen LogP contribution in [0.5, 0.6) is 0 Å². The van der Waals surface area contributed by atoms with Crippen LogP contribution in [0.15, 0.2) is 34.5 Å². The molecule has 106 valence electrons. The predicted octanol–water partition coefficient (Wildman–Crippen LogP) is 2.14. The van der Waals surface area contributed by atoms with Gasteiger partial charge in [0.25, 0.3) is 0 Å². The maximum Gasteiger partial charge on any atom is 0.322 e. The highest BCUT2D eigenvalue weighted by molar-refractivity contribution is 7.89. The summed E-state index contributed by atoms with van der Waals surface area (Å²) >= 11 is 1.36. The topological polar surface area (TPSA) is 74.7 Å². The second-order valence-electron chi connectivity index (χ2n) is 4.71. The number of fused-ring (bicyclic) bond motifs is 1. The van der Waals surface area contributed by atoms with Crippen LogP contribution in [-0.4, -0.2) is 36.4 Å². The fourth-order valence-corrected chi connectivity index (χ4v) is 5.68. The highest BCUT2D eigenvalue weighted by atomic mass is 32.2. The normalized spacial score (nSPS) is 20.5. The van der Waals surface area contributed by atoms with Crippen LogP contribution in [0.4, 0.5) is 0 Å². The van der Waals surface area contributed by atoms with Crippen LogP contribution in [0, 0.1) is 0 Å². The number of benzene rings is 1. The standard InChI is InChI=1S/C13H13NO4S2/c15-13(16)10-5-3-7-14(10)20(17,18)12-8-19-11-6-2-1-4-9(11)12/h1-2,4,6,8,10H,3,5,7H2,(H,15,16). The maximum absolute atomic E-state index is 12.7. The number of carboxylic acid groups (broad SMARTS) is 1. The number of carboxylic acids is 1. The van der Waals surface area contributed by atoms with E-state index in [9.17, 15) is 13.2 Å². The first-order valence-corrected chi connectivity index (χ1v) is 8.54. The molecule has 1 aliphatic rings. The Morgan fingerprint density at radius 1 is 1.35 bits per heavy atom. The minimum atomic E-state index is -3.75. The number of thiophene rings is 1. The Balaban J connectivity index is 2.10. The zero-order valence-corrected chi connectivity index (χ0v) is 12.2. The molecule has 2 heterocycles. The van der Waals surface area contributed by atoms with Crippen molar-refractivity contribution in [2.24, 2.45) is 0 Å². The molecule has 1 aromatic heterocycles. The summed E-state index contributed by atoms with van der Waals surface area (Å²) in [4.78, 5) is 11.4. The van der Waals surface area contributed by atoms with Crippen molar-refractivity contribution in [1.29, 1.82) is 0 Å². The first kappa shape index (κ1) is 13.5. The Hall–Kier alpha value is -1.44. The molecule has 1 saturated heterocycles. The molecule has 0 bridgehead atoms. The number of hydrogen-bond donors (Lipinski definition) is 1. The number of carbonyl (C=O) groups is 1. The zero-order valence-electron chi connectivity index (χ0n) is 10.5. The van der Waals surface area contributed by atoms with Crippen molar-refractivity contribution in [3.63, 3.8) is 0 Å². The third-order valence-corrected chi connectivity index (χ3v) is 6.58. The molecule has 3 rings (SSSR count). The lowest BCUT2D eigenvalue weighted by molar-refractivity contribution is -0.140. The summed E-state index contributed by atoms with van der Waals surface area (Å²) in [5.74, 6) is -1.08. The molecule has 0 radical (unpaired) electrons. The first-order valence-electron chi connectivity index (χ1n) is 6.22. The summed E-state index contributed by atoms with van der Waals surface area (Å²) in [5.41, 5.74) is 0. The number of hydrogen-bond acceptors (Lipinski definition) is 4. The van der Waals surface area contributed by atoms with E-state index >= 15 is 0 Å². The Morgan fingerprint density at radius 2 is 2.10 bits per heavy atom. The molecule has 1 unspecified atom stereocenters. The average Bonchev–Trinajstić information content (AvgIpc) is 3.06. The van der Waals surface area contributed by atoms with Crippen molar-refractivity contribution in [2.45, 2.75) is 23.8 Å². The van der Waals surface area contributed by atoms with Crippen LogP contribution in [0.25, 0.3) is 10.1 Å². The van der Waals surface area contributed by atoms with Crippen molar-refractivity contribution in [3.05, 3.63) is 29.6 Å². The monoisotopic (exact) mass is 311 g/mol. The number of rotatable bonds is 3. The van der Waals surface area contributed by atoms with E-state index in [-0.39, 0.29) is 11.4 Å². The van der Waals surface area contributed by atoms with Crippen molar-refractivity contribution in [3.8, 4) is 0 Å². The molecule has 0 amide bonds. The third-order valence-electron chi connectivity index (χ3n) is 3.52. The van der Waals surface area contributed by atoms with Gasteiger partial charge in [0, 0.05) is 22.0 Å². The van der Waals surface area contributed by atoms with Crippen LogP contribution in [0.3, 0.4) is 0 Å². The van der Waals surface area contributed by atoms with Gasteiger partial charge >= 0.3 is 5.97 Å². The highest BCUT2D eigenvalue weighted by Gasteiger charge is 2.40. The molecule has 7 heteroatoms. The van der Waals surface area contributed by atoms with Gasteiger partial charge in [-0.25, -0.2) is 8.42 Å². The van der Waals surface area contributed by atoms with E-state index in [1.54, 1.807) is 17.5 Å². The van der Waals surface area contributed by atoms with Gasteiger partial charge in [0.1, 0.15) is 10.9 Å². The van der Waals surface area contributed by atoms with Gasteiger partial charge in [-0.1, -0.05) is 18.2 Å². The van der Waals surface area contributed by atoms with Crippen LogP contribution >= 0.6 is 11.3 Å². The largest absolute Gasteiger partial charge is 0.480 e. The van der Waals surface area contributed by atoms with Crippen molar-refractivity contribution in [1.82, 2.24) is 4.31 Å². The highest BCUT2D eigenvalue weighted by Crippen LogP contribution is 2.34. The van der Waals surface area contributed by atoms with E-state index in [1.807, 2.05) is 12.1 Å². The summed E-state index contributed by atoms with van der Waals surface area (Å²) in [5, 5.41) is 11.4. The molecular weight excluding hydrogens is 298 g/mol. The van der Waals surface area contributed by atoms with E-state index in [4.69, 9.17) is 5.11 Å². The smallest absolute Gasteiger partial charge is 0.322 e. The molecule has 1 aliphatic heterocycles. The molecule has 1 aromatic carbocycles. The van der Waals surface area contributed by atoms with Crippen LogP contribution in [-0.2, 0) is 14.8 Å². The van der Waals surface area contributed by atoms with Gasteiger partial charge in [0.05, 0.1) is 0 Å². The van der Waals surface area contributed by atoms with Crippen molar-refractivity contribution >= 4 is 37.4 Å². The molecule has 0 spiro atoms. The lowest BCUT2D eigenvalue weighted by Crippen LogP contribution is -2.40. The lowest BCUT2D eigenvalue weighted by atomic mass is 10.2. The summed E-state index contributed by atoms with van der Waals surface area (Å²) in [6.07, 6.45) is 0.953. The molecule has 2 aromatic rings. The SMILES string of the molecule is O=C(O)C1CCCN1S(=O)(=O)c1csc2ccccc12. The van der Waals surface area contributed by atoms with E-state index in [1.165, 1.54) is 11.3 Å². The van der Waals surface area contributed by atoms with Crippen LogP contribution in [0.1, 0.15) is 12.8 Å². The molecule has 20 heavy (non-hydrogen) atoms. The lowest BCUT2D eigenvalue weighted by Gasteiger charge is -2.20. The third kappa shape index (κ3) is 2.02. The molecule has 5 nitrogen and oxygen atoms in total. The summed E-state index contributed by atoms with van der Waals surface area (Å²) in [6.45, 7) is 0.267. The van der Waals surface area contributed by atoms with Gasteiger partial charge in [-0.15, -0.1) is 11.3 Å². The van der Waals surface area contributed by atoms with E-state index < -0.39 is 22.0 Å². The second kappa shape index (κ2) is 4.83. The van der Waals surface area contributed by atoms with Gasteiger partial charge < -0.3 is 5.11 Å². The molecule has 1 fully saturated rings. The molecule has 0 aliphatic carbocycles. The minimum absolute atomic E-state index is 0.214. The second-order valence-corrected chi connectivity index (χ2v) is 7.48. The summed E-state index contributed by atoms with van der Waals surface area (Å²) in [6, 6.07) is 6.30. The van der Waals surface area contributed by atoms with E-state index in [0.717, 1.165) is 9.01 Å². The average molecular weight is 311 g/mol. The minimum Gasteiger partial charge on any atom is -0.480 e. The number of sulfonamides is 1. The van der Waals surface area contributed by atoms with Crippen LogP contribution < -0.4 is 0 Å². The van der Waals surface area contributed by atoms with E-state index in [2.05, 4.69) is 0 Å². The fourth-order valence-electron chi connectivity index (χ4n) is 2.55.